The van der Waals surface area contributed by atoms with Crippen LogP contribution in [0.2, 0.25) is 0 Å². The van der Waals surface area contributed by atoms with Crippen molar-refractivity contribution in [3.63, 3.8) is 0 Å². The number of alkyl halides is 3. The topological polar surface area (TPSA) is 41.9 Å². The Kier molecular flexibility index (Phi) is 4.49. The minimum Gasteiger partial charge on any atom is -0.370 e. The number of hydrogen-bond donors (Lipinski definition) is 2. The molecule has 130 valence electrons. The number of nitrogens with one attached hydrogen (secondary N) is 2. The fraction of sp³-hybridized carbons (Fsp3) is 0.438. The van der Waals surface area contributed by atoms with Gasteiger partial charge in [0, 0.05) is 38.2 Å². The van der Waals surface area contributed by atoms with Crippen LogP contribution in [0.5, 0.6) is 0 Å². The van der Waals surface area contributed by atoms with Crippen LogP contribution in [-0.4, -0.2) is 22.9 Å². The van der Waals surface area contributed by atoms with Crippen LogP contribution in [-0.2, 0) is 19.3 Å². The maximum absolute atomic E-state index is 13.1. The number of benzene rings is 1. The number of hydrogen-bond acceptors (Lipinski definition) is 3. The third kappa shape index (κ3) is 3.69. The number of nitrogens with zero attached hydrogens (tertiary/aromatic N) is 2. The van der Waals surface area contributed by atoms with E-state index in [2.05, 4.69) is 15.7 Å². The van der Waals surface area contributed by atoms with Gasteiger partial charge in [-0.3, -0.25) is 0 Å². The van der Waals surface area contributed by atoms with Crippen molar-refractivity contribution in [3.8, 4) is 0 Å². The molecule has 2 heterocycles. The van der Waals surface area contributed by atoms with Gasteiger partial charge in [0.2, 0.25) is 0 Å². The second-order valence-electron chi connectivity index (χ2n) is 6.03. The van der Waals surface area contributed by atoms with E-state index in [0.29, 0.717) is 19.2 Å². The molecule has 24 heavy (non-hydrogen) atoms. The van der Waals surface area contributed by atoms with Gasteiger partial charge in [-0.15, -0.1) is 0 Å². The summed E-state index contributed by atoms with van der Waals surface area (Å²) in [5.74, 6) is 0.289. The molecular weight excluding hydrogens is 324 g/mol. The van der Waals surface area contributed by atoms with Crippen molar-refractivity contribution in [2.45, 2.75) is 26.2 Å². The highest BCUT2D eigenvalue weighted by Crippen LogP contribution is 2.32. The van der Waals surface area contributed by atoms with E-state index >= 15 is 0 Å². The van der Waals surface area contributed by atoms with Crippen molar-refractivity contribution in [1.29, 1.82) is 0 Å². The highest BCUT2D eigenvalue weighted by Gasteiger charge is 2.33. The SMILES string of the molecule is Cc1cc2n(n1)C[C@@H](CNCc1ccc(F)cc1C(F)(F)F)CN2. The first kappa shape index (κ1) is 16.8. The molecule has 1 aliphatic heterocycles. The fourth-order valence-corrected chi connectivity index (χ4v) is 2.90. The molecule has 0 unspecified atom stereocenters. The number of halogens is 4. The average Bonchev–Trinajstić information content (AvgIpc) is 2.87. The molecule has 0 amide bonds. The Bertz CT molecular complexity index is 723. The van der Waals surface area contributed by atoms with Crippen LogP contribution in [0.25, 0.3) is 0 Å². The van der Waals surface area contributed by atoms with Crippen molar-refractivity contribution in [3.05, 3.63) is 46.9 Å². The van der Waals surface area contributed by atoms with E-state index in [1.165, 1.54) is 6.07 Å². The summed E-state index contributed by atoms with van der Waals surface area (Å²) in [5, 5.41) is 10.7. The Labute approximate surface area is 136 Å². The Morgan fingerprint density at radius 3 is 2.88 bits per heavy atom. The minimum absolute atomic E-state index is 0.0383. The molecule has 1 aromatic heterocycles. The second-order valence-corrected chi connectivity index (χ2v) is 6.03. The molecule has 0 saturated heterocycles. The number of aromatic nitrogens is 2. The van der Waals surface area contributed by atoms with Gasteiger partial charge in [-0.2, -0.15) is 18.3 Å². The first-order chi connectivity index (χ1) is 11.3. The van der Waals surface area contributed by atoms with E-state index in [9.17, 15) is 17.6 Å². The summed E-state index contributed by atoms with van der Waals surface area (Å²) < 4.78 is 53.8. The zero-order chi connectivity index (χ0) is 17.3. The lowest BCUT2D eigenvalue weighted by Gasteiger charge is -2.25. The minimum atomic E-state index is -4.56. The molecular formula is C16H18F4N4. The van der Waals surface area contributed by atoms with Crippen LogP contribution < -0.4 is 10.6 Å². The van der Waals surface area contributed by atoms with E-state index in [1.54, 1.807) is 0 Å². The van der Waals surface area contributed by atoms with Crippen molar-refractivity contribution < 1.29 is 17.6 Å². The average molecular weight is 342 g/mol. The van der Waals surface area contributed by atoms with E-state index in [4.69, 9.17) is 0 Å². The van der Waals surface area contributed by atoms with Gasteiger partial charge >= 0.3 is 6.18 Å². The van der Waals surface area contributed by atoms with E-state index in [0.717, 1.165) is 24.1 Å². The fourth-order valence-electron chi connectivity index (χ4n) is 2.90. The summed E-state index contributed by atoms with van der Waals surface area (Å²) in [4.78, 5) is 0. The number of rotatable bonds is 4. The lowest BCUT2D eigenvalue weighted by Crippen LogP contribution is -2.35. The zero-order valence-corrected chi connectivity index (χ0v) is 13.1. The van der Waals surface area contributed by atoms with Gasteiger partial charge in [-0.1, -0.05) is 6.07 Å². The van der Waals surface area contributed by atoms with Gasteiger partial charge < -0.3 is 10.6 Å². The van der Waals surface area contributed by atoms with Crippen molar-refractivity contribution >= 4 is 5.82 Å². The molecule has 0 spiro atoms. The highest BCUT2D eigenvalue weighted by atomic mass is 19.4. The Hall–Kier alpha value is -2.09. The summed E-state index contributed by atoms with van der Waals surface area (Å²) in [6.45, 7) is 3.93. The van der Waals surface area contributed by atoms with Crippen LogP contribution in [0.15, 0.2) is 24.3 Å². The normalized spacial score (nSPS) is 17.5. The molecule has 2 N–H and O–H groups in total. The van der Waals surface area contributed by atoms with E-state index < -0.39 is 17.6 Å². The standard InChI is InChI=1S/C16H18F4N4/c1-10-4-15-22-7-11(9-24(15)23-10)6-21-8-12-2-3-13(17)5-14(12)16(18,19)20/h2-5,11,21-22H,6-9H2,1H3/t11-/m0/s1. The van der Waals surface area contributed by atoms with Crippen molar-refractivity contribution in [2.75, 3.05) is 18.4 Å². The van der Waals surface area contributed by atoms with Gasteiger partial charge in [0.15, 0.2) is 0 Å². The molecule has 0 saturated carbocycles. The predicted octanol–water partition coefficient (Wildman–Crippen LogP) is 3.18. The quantitative estimate of drug-likeness (QED) is 0.839. The molecule has 2 aromatic rings. The lowest BCUT2D eigenvalue weighted by molar-refractivity contribution is -0.138. The lowest BCUT2D eigenvalue weighted by atomic mass is 10.1. The first-order valence-electron chi connectivity index (χ1n) is 7.67. The van der Waals surface area contributed by atoms with Gasteiger partial charge in [0.1, 0.15) is 11.6 Å². The molecule has 3 rings (SSSR count). The molecule has 8 heteroatoms. The van der Waals surface area contributed by atoms with Crippen LogP contribution in [0.3, 0.4) is 0 Å². The molecule has 0 aliphatic carbocycles. The number of aryl methyl sites for hydroxylation is 1. The summed E-state index contributed by atoms with van der Waals surface area (Å²) in [6, 6.07) is 4.72. The Morgan fingerprint density at radius 2 is 2.12 bits per heavy atom. The maximum Gasteiger partial charge on any atom is 0.416 e. The smallest absolute Gasteiger partial charge is 0.370 e. The summed E-state index contributed by atoms with van der Waals surface area (Å²) >= 11 is 0. The van der Waals surface area contributed by atoms with Crippen molar-refractivity contribution in [1.82, 2.24) is 15.1 Å². The van der Waals surface area contributed by atoms with Crippen molar-refractivity contribution in [2.24, 2.45) is 5.92 Å². The van der Waals surface area contributed by atoms with Gasteiger partial charge in [0.05, 0.1) is 11.3 Å². The molecule has 4 nitrogen and oxygen atoms in total. The molecule has 0 fully saturated rings. The summed E-state index contributed by atoms with van der Waals surface area (Å²) in [6.07, 6.45) is -4.56. The van der Waals surface area contributed by atoms with E-state index in [1.807, 2.05) is 17.7 Å². The number of anilines is 1. The van der Waals surface area contributed by atoms with Gasteiger partial charge in [-0.25, -0.2) is 9.07 Å². The summed E-state index contributed by atoms with van der Waals surface area (Å²) in [5.41, 5.74) is 0.0392. The molecule has 1 aromatic carbocycles. The molecule has 1 aliphatic rings. The third-order valence-electron chi connectivity index (χ3n) is 4.03. The summed E-state index contributed by atoms with van der Waals surface area (Å²) in [7, 11) is 0. The van der Waals surface area contributed by atoms with E-state index in [-0.39, 0.29) is 18.0 Å². The number of fused-ring (bicyclic) bond motifs is 1. The third-order valence-corrected chi connectivity index (χ3v) is 4.03. The molecule has 0 bridgehead atoms. The highest BCUT2D eigenvalue weighted by molar-refractivity contribution is 5.38. The predicted molar refractivity (Wildman–Crippen MR) is 82.1 cm³/mol. The monoisotopic (exact) mass is 342 g/mol. The largest absolute Gasteiger partial charge is 0.416 e. The van der Waals surface area contributed by atoms with Crippen LogP contribution in [0, 0.1) is 18.7 Å². The van der Waals surface area contributed by atoms with Crippen LogP contribution in [0.1, 0.15) is 16.8 Å². The van der Waals surface area contributed by atoms with Gasteiger partial charge in [0.25, 0.3) is 0 Å². The Morgan fingerprint density at radius 1 is 1.33 bits per heavy atom. The zero-order valence-electron chi connectivity index (χ0n) is 13.1. The Balaban J connectivity index is 1.60. The second kappa shape index (κ2) is 6.43. The van der Waals surface area contributed by atoms with Crippen LogP contribution >= 0.6 is 0 Å². The van der Waals surface area contributed by atoms with Crippen LogP contribution in [0.4, 0.5) is 23.4 Å². The maximum atomic E-state index is 13.1. The molecule has 0 radical (unpaired) electrons. The van der Waals surface area contributed by atoms with Gasteiger partial charge in [-0.05, 0) is 24.6 Å². The first-order valence-corrected chi connectivity index (χ1v) is 7.67. The molecule has 1 atom stereocenters.